The molecule has 1 saturated heterocycles. The summed E-state index contributed by atoms with van der Waals surface area (Å²) in [6.45, 7) is 3.63. The maximum atomic E-state index is 12.2. The van der Waals surface area contributed by atoms with Gasteiger partial charge in [0.2, 0.25) is 0 Å². The number of amides is 3. The summed E-state index contributed by atoms with van der Waals surface area (Å²) in [6, 6.07) is 6.95. The van der Waals surface area contributed by atoms with Gasteiger partial charge in [-0.2, -0.15) is 0 Å². The minimum Gasteiger partial charge on any atom is -0.338 e. The van der Waals surface area contributed by atoms with Crippen molar-refractivity contribution in [1.29, 1.82) is 0 Å². The Labute approximate surface area is 118 Å². The van der Waals surface area contributed by atoms with Gasteiger partial charge < -0.3 is 16.0 Å². The molecule has 1 atom stereocenters. The number of urea groups is 1. The molecule has 108 valence electrons. The number of carbonyl (C=O) groups is 2. The predicted molar refractivity (Wildman–Crippen MR) is 77.8 cm³/mol. The molecule has 0 aliphatic carbocycles. The minimum absolute atomic E-state index is 0.00784. The Balaban J connectivity index is 2.12. The van der Waals surface area contributed by atoms with E-state index >= 15 is 0 Å². The molecule has 1 heterocycles. The van der Waals surface area contributed by atoms with Crippen LogP contribution in [-0.2, 0) is 0 Å². The lowest BCUT2D eigenvalue weighted by Crippen LogP contribution is -2.39. The Morgan fingerprint density at radius 3 is 2.60 bits per heavy atom. The second kappa shape index (κ2) is 5.92. The lowest BCUT2D eigenvalue weighted by Gasteiger charge is -2.24. The van der Waals surface area contributed by atoms with Gasteiger partial charge in [-0.1, -0.05) is 0 Å². The van der Waals surface area contributed by atoms with E-state index in [2.05, 4.69) is 5.32 Å². The van der Waals surface area contributed by atoms with E-state index in [0.717, 1.165) is 5.69 Å². The number of nitrogens with zero attached hydrogens (tertiary/aromatic N) is 2. The zero-order valence-corrected chi connectivity index (χ0v) is 11.8. The molecule has 1 unspecified atom stereocenters. The fourth-order valence-corrected chi connectivity index (χ4v) is 2.06. The van der Waals surface area contributed by atoms with Gasteiger partial charge in [-0.15, -0.1) is 0 Å². The molecule has 0 saturated carbocycles. The highest BCUT2D eigenvalue weighted by atomic mass is 16.2. The van der Waals surface area contributed by atoms with Crippen LogP contribution in [0.4, 0.5) is 10.5 Å². The van der Waals surface area contributed by atoms with Crippen LogP contribution in [0.1, 0.15) is 17.3 Å². The number of rotatable bonds is 4. The Kier molecular flexibility index (Phi) is 4.24. The zero-order chi connectivity index (χ0) is 14.7. The largest absolute Gasteiger partial charge is 0.338 e. The molecular formula is C14H20N4O2. The Bertz CT molecular complexity index is 500. The van der Waals surface area contributed by atoms with Crippen molar-refractivity contribution in [2.75, 3.05) is 31.6 Å². The quantitative estimate of drug-likeness (QED) is 0.847. The lowest BCUT2D eigenvalue weighted by molar-refractivity contribution is 0.0748. The summed E-state index contributed by atoms with van der Waals surface area (Å²) >= 11 is 0. The summed E-state index contributed by atoms with van der Waals surface area (Å²) in [5.74, 6) is -0.0691. The van der Waals surface area contributed by atoms with Crippen molar-refractivity contribution < 1.29 is 9.59 Å². The molecule has 0 radical (unpaired) electrons. The highest BCUT2D eigenvalue weighted by Crippen LogP contribution is 2.18. The van der Waals surface area contributed by atoms with Crippen LogP contribution < -0.4 is 16.0 Å². The normalized spacial score (nSPS) is 15.9. The molecule has 3 N–H and O–H groups in total. The molecule has 6 nitrogen and oxygen atoms in total. The van der Waals surface area contributed by atoms with Crippen LogP contribution in [-0.4, -0.2) is 49.6 Å². The SMILES string of the molecule is CC(CN)N(C)C(=O)c1ccc(N2CCNC2=O)cc1. The van der Waals surface area contributed by atoms with Crippen LogP contribution in [0.5, 0.6) is 0 Å². The molecule has 1 aromatic carbocycles. The predicted octanol–water partition coefficient (Wildman–Crippen LogP) is 0.635. The molecule has 1 aliphatic rings. The third kappa shape index (κ3) is 2.75. The number of benzene rings is 1. The van der Waals surface area contributed by atoms with Crippen molar-refractivity contribution in [3.8, 4) is 0 Å². The smallest absolute Gasteiger partial charge is 0.321 e. The second-order valence-corrected chi connectivity index (χ2v) is 4.93. The molecule has 20 heavy (non-hydrogen) atoms. The third-order valence-corrected chi connectivity index (χ3v) is 3.61. The van der Waals surface area contributed by atoms with Gasteiger partial charge >= 0.3 is 6.03 Å². The molecule has 0 spiro atoms. The second-order valence-electron chi connectivity index (χ2n) is 4.93. The maximum absolute atomic E-state index is 12.2. The number of carbonyl (C=O) groups excluding carboxylic acids is 2. The van der Waals surface area contributed by atoms with Crippen LogP contribution in [0.15, 0.2) is 24.3 Å². The van der Waals surface area contributed by atoms with E-state index in [-0.39, 0.29) is 18.0 Å². The molecule has 0 bridgehead atoms. The first kappa shape index (κ1) is 14.3. The highest BCUT2D eigenvalue weighted by molar-refractivity contribution is 5.97. The van der Waals surface area contributed by atoms with Crippen molar-refractivity contribution in [2.24, 2.45) is 5.73 Å². The lowest BCUT2D eigenvalue weighted by atomic mass is 10.1. The van der Waals surface area contributed by atoms with Crippen molar-refractivity contribution in [2.45, 2.75) is 13.0 Å². The summed E-state index contributed by atoms with van der Waals surface area (Å²) in [4.78, 5) is 27.1. The number of nitrogens with one attached hydrogen (secondary N) is 1. The Morgan fingerprint density at radius 2 is 2.10 bits per heavy atom. The fraction of sp³-hybridized carbons (Fsp3) is 0.429. The van der Waals surface area contributed by atoms with E-state index in [9.17, 15) is 9.59 Å². The van der Waals surface area contributed by atoms with Crippen molar-refractivity contribution in [3.05, 3.63) is 29.8 Å². The van der Waals surface area contributed by atoms with Gasteiger partial charge in [0.15, 0.2) is 0 Å². The minimum atomic E-state index is -0.0991. The van der Waals surface area contributed by atoms with Gasteiger partial charge in [0.05, 0.1) is 0 Å². The molecule has 1 aliphatic heterocycles. The first-order valence-corrected chi connectivity index (χ1v) is 6.67. The Hall–Kier alpha value is -2.08. The summed E-state index contributed by atoms with van der Waals surface area (Å²) in [5, 5.41) is 2.74. The highest BCUT2D eigenvalue weighted by Gasteiger charge is 2.22. The molecular weight excluding hydrogens is 256 g/mol. The number of likely N-dealkylation sites (N-methyl/N-ethyl adjacent to an activating group) is 1. The molecule has 0 aromatic heterocycles. The number of nitrogens with two attached hydrogens (primary N) is 1. The van der Waals surface area contributed by atoms with Crippen LogP contribution in [0, 0.1) is 0 Å². The van der Waals surface area contributed by atoms with Gasteiger partial charge in [-0.3, -0.25) is 9.69 Å². The summed E-state index contributed by atoms with van der Waals surface area (Å²) in [5.41, 5.74) is 6.96. The number of anilines is 1. The van der Waals surface area contributed by atoms with Gasteiger partial charge in [-0.05, 0) is 31.2 Å². The van der Waals surface area contributed by atoms with Crippen LogP contribution in [0.3, 0.4) is 0 Å². The van der Waals surface area contributed by atoms with Crippen LogP contribution >= 0.6 is 0 Å². The van der Waals surface area contributed by atoms with E-state index in [1.54, 1.807) is 41.1 Å². The summed E-state index contributed by atoms with van der Waals surface area (Å²) in [6.07, 6.45) is 0. The number of hydrogen-bond donors (Lipinski definition) is 2. The zero-order valence-electron chi connectivity index (χ0n) is 11.8. The fourth-order valence-electron chi connectivity index (χ4n) is 2.06. The first-order valence-electron chi connectivity index (χ1n) is 6.67. The molecule has 6 heteroatoms. The summed E-state index contributed by atoms with van der Waals surface area (Å²) < 4.78 is 0. The van der Waals surface area contributed by atoms with Gasteiger partial charge in [0.1, 0.15) is 0 Å². The molecule has 1 aromatic rings. The van der Waals surface area contributed by atoms with Crippen molar-refractivity contribution >= 4 is 17.6 Å². The van der Waals surface area contributed by atoms with E-state index in [0.29, 0.717) is 25.2 Å². The monoisotopic (exact) mass is 276 g/mol. The standard InChI is InChI=1S/C14H20N4O2/c1-10(9-15)17(2)13(19)11-3-5-12(6-4-11)18-8-7-16-14(18)20/h3-6,10H,7-9,15H2,1-2H3,(H,16,20). The molecule has 2 rings (SSSR count). The van der Waals surface area contributed by atoms with Gasteiger partial charge in [-0.25, -0.2) is 4.79 Å². The van der Waals surface area contributed by atoms with E-state index in [4.69, 9.17) is 5.73 Å². The summed E-state index contributed by atoms with van der Waals surface area (Å²) in [7, 11) is 1.74. The van der Waals surface area contributed by atoms with Crippen molar-refractivity contribution in [3.63, 3.8) is 0 Å². The van der Waals surface area contributed by atoms with Gasteiger partial charge in [0.25, 0.3) is 5.91 Å². The Morgan fingerprint density at radius 1 is 1.45 bits per heavy atom. The first-order chi connectivity index (χ1) is 9.54. The van der Waals surface area contributed by atoms with E-state index in [1.165, 1.54) is 0 Å². The van der Waals surface area contributed by atoms with Crippen molar-refractivity contribution in [1.82, 2.24) is 10.2 Å². The average molecular weight is 276 g/mol. The third-order valence-electron chi connectivity index (χ3n) is 3.61. The van der Waals surface area contributed by atoms with Crippen LogP contribution in [0.2, 0.25) is 0 Å². The molecule has 3 amide bonds. The molecule has 1 fully saturated rings. The maximum Gasteiger partial charge on any atom is 0.321 e. The van der Waals surface area contributed by atoms with Crippen LogP contribution in [0.25, 0.3) is 0 Å². The average Bonchev–Trinajstić information content (AvgIpc) is 2.91. The topological polar surface area (TPSA) is 78.7 Å². The number of hydrogen-bond acceptors (Lipinski definition) is 3. The van der Waals surface area contributed by atoms with E-state index < -0.39 is 0 Å². The van der Waals surface area contributed by atoms with E-state index in [1.807, 2.05) is 6.92 Å². The van der Waals surface area contributed by atoms with Gasteiger partial charge in [0, 0.05) is 44.0 Å².